The summed E-state index contributed by atoms with van der Waals surface area (Å²) in [5.41, 5.74) is 2.24. The van der Waals surface area contributed by atoms with Crippen molar-refractivity contribution in [2.24, 2.45) is 0 Å². The Labute approximate surface area is 173 Å². The highest BCUT2D eigenvalue weighted by atomic mass is 127. The molecule has 3 N–H and O–H groups in total. The summed E-state index contributed by atoms with van der Waals surface area (Å²) in [5, 5.41) is 20.2. The smallest absolute Gasteiger partial charge is 0.225 e. The summed E-state index contributed by atoms with van der Waals surface area (Å²) in [5.74, 6) is 0.775. The molecule has 1 aromatic heterocycles. The first-order chi connectivity index (χ1) is 12.7. The van der Waals surface area contributed by atoms with E-state index < -0.39 is 5.57 Å². The largest absolute Gasteiger partial charge is 0.508 e. The number of aromatic hydroxyl groups is 1. The minimum Gasteiger partial charge on any atom is -0.508 e. The number of aromatic amines is 1. The maximum absolute atomic E-state index is 11.7. The predicted molar refractivity (Wildman–Crippen MR) is 124 cm³/mol. The van der Waals surface area contributed by atoms with E-state index in [1.165, 1.54) is 0 Å². The Morgan fingerprint density at radius 3 is 2.33 bits per heavy atom. The predicted octanol–water partition coefficient (Wildman–Crippen LogP) is 5.93. The van der Waals surface area contributed by atoms with Crippen LogP contribution in [0.15, 0.2) is 42.5 Å². The molecule has 0 radical (unpaired) electrons. The van der Waals surface area contributed by atoms with E-state index in [9.17, 15) is 9.90 Å². The van der Waals surface area contributed by atoms with Crippen LogP contribution in [0, 0.1) is 0 Å². The summed E-state index contributed by atoms with van der Waals surface area (Å²) in [7, 11) is 0. The Bertz CT molecular complexity index is 896. The first kappa shape index (κ1) is 21.4. The Balaban J connectivity index is 0.000000465. The molecule has 0 aliphatic rings. The number of hydrogen-bond acceptors (Lipinski definition) is 3. The van der Waals surface area contributed by atoms with Crippen LogP contribution >= 0.6 is 21.8 Å². The van der Waals surface area contributed by atoms with Crippen molar-refractivity contribution in [2.45, 2.75) is 39.4 Å². The molecule has 27 heavy (non-hydrogen) atoms. The number of nitrogens with zero attached hydrogens (tertiary/aromatic N) is 1. The van der Waals surface area contributed by atoms with Crippen LogP contribution in [0.5, 0.6) is 5.75 Å². The molecule has 0 saturated heterocycles. The number of halogens is 1. The molecule has 0 unspecified atom stereocenters. The second-order valence-electron chi connectivity index (χ2n) is 7.24. The zero-order chi connectivity index (χ0) is 20.0. The average molecular weight is 495 g/mol. The van der Waals surface area contributed by atoms with Crippen molar-refractivity contribution in [1.29, 1.82) is 0 Å². The van der Waals surface area contributed by atoms with Crippen LogP contribution < -0.4 is 5.32 Å². The topological polar surface area (TPSA) is 78.0 Å². The van der Waals surface area contributed by atoms with Crippen LogP contribution in [-0.2, 0) is 4.79 Å². The maximum atomic E-state index is 11.7. The molecule has 2 aromatic carbocycles. The molecule has 3 rings (SSSR count). The Hall–Kier alpha value is -1.87. The normalized spacial score (nSPS) is 11.0. The lowest BCUT2D eigenvalue weighted by molar-refractivity contribution is -0.116. The van der Waals surface area contributed by atoms with Crippen molar-refractivity contribution in [3.05, 3.63) is 42.5 Å². The summed E-state index contributed by atoms with van der Waals surface area (Å²) in [6, 6.07) is 12.9. The van der Waals surface area contributed by atoms with Gasteiger partial charge < -0.3 is 10.4 Å². The van der Waals surface area contributed by atoms with Gasteiger partial charge in [0.15, 0.2) is 5.82 Å². The maximum Gasteiger partial charge on any atom is 0.225 e. The fraction of sp³-hybridized carbons (Fsp3) is 0.300. The number of carbonyl (C=O) groups excluding carboxylic acids is 1. The average Bonchev–Trinajstić information content (AvgIpc) is 2.96. The number of carbonyl (C=O) groups is 1. The van der Waals surface area contributed by atoms with Crippen LogP contribution in [0.1, 0.15) is 19.8 Å². The van der Waals surface area contributed by atoms with E-state index in [1.807, 2.05) is 37.3 Å². The van der Waals surface area contributed by atoms with Crippen LogP contribution in [0.3, 0.4) is 0 Å². The molecular weight excluding hydrogens is 469 g/mol. The van der Waals surface area contributed by atoms with Gasteiger partial charge in [-0.2, -0.15) is 5.10 Å². The van der Waals surface area contributed by atoms with Gasteiger partial charge in [0.25, 0.3) is 0 Å². The van der Waals surface area contributed by atoms with E-state index in [2.05, 4.69) is 57.0 Å². The summed E-state index contributed by atoms with van der Waals surface area (Å²) < 4.78 is 0. The van der Waals surface area contributed by atoms with Gasteiger partial charge in [-0.25, -0.2) is 0 Å². The van der Waals surface area contributed by atoms with Crippen LogP contribution in [0.2, 0.25) is 19.6 Å². The van der Waals surface area contributed by atoms with Crippen LogP contribution in [0.4, 0.5) is 5.82 Å². The van der Waals surface area contributed by atoms with Crippen molar-refractivity contribution >= 4 is 50.0 Å². The van der Waals surface area contributed by atoms with Gasteiger partial charge in [0.2, 0.25) is 5.91 Å². The van der Waals surface area contributed by atoms with Crippen molar-refractivity contribution in [2.75, 3.05) is 5.32 Å². The Morgan fingerprint density at radius 1 is 1.15 bits per heavy atom. The summed E-state index contributed by atoms with van der Waals surface area (Å²) in [6.45, 7) is 8.90. The molecule has 7 heteroatoms. The minimum atomic E-state index is -0.641. The van der Waals surface area contributed by atoms with Gasteiger partial charge in [-0.15, -0.1) is 21.8 Å². The van der Waals surface area contributed by atoms with Crippen molar-refractivity contribution in [3.63, 3.8) is 0 Å². The number of fused-ring (bicyclic) bond motifs is 1. The molecule has 0 aliphatic heterocycles. The molecule has 0 bridgehead atoms. The molecule has 3 aromatic rings. The molecule has 1 amide bonds. The number of rotatable bonds is 4. The van der Waals surface area contributed by atoms with Crippen LogP contribution in [-0.4, -0.2) is 26.8 Å². The van der Waals surface area contributed by atoms with Gasteiger partial charge in [0, 0.05) is 11.8 Å². The van der Waals surface area contributed by atoms with E-state index in [0.29, 0.717) is 12.2 Å². The standard InChI is InChI=1S/C17H17N3O2.C3H9ISi/c1-2-3-16(22)18-17-14-9-6-12(10-15(14)19-20-17)11-4-7-13(21)8-5-11;1-5(2,3)4/h4-10,21H,2-3H2,1H3,(H2,18,19,20,22);1-3H3. The highest BCUT2D eigenvalue weighted by Crippen LogP contribution is 2.28. The second-order valence-corrected chi connectivity index (χ2v) is 21.1. The molecular formula is C20H26IN3O2Si. The van der Waals surface area contributed by atoms with E-state index in [-0.39, 0.29) is 11.7 Å². The molecule has 1 heterocycles. The fourth-order valence-electron chi connectivity index (χ4n) is 2.37. The molecule has 5 nitrogen and oxygen atoms in total. The number of aromatic nitrogens is 2. The number of phenols is 1. The first-order valence-corrected chi connectivity index (χ1v) is 15.5. The van der Waals surface area contributed by atoms with E-state index in [0.717, 1.165) is 28.5 Å². The van der Waals surface area contributed by atoms with Crippen molar-refractivity contribution in [1.82, 2.24) is 10.2 Å². The number of hydrogen-bond donors (Lipinski definition) is 3. The number of phenolic OH excluding ortho intramolecular Hbond substituents is 1. The fourth-order valence-corrected chi connectivity index (χ4v) is 2.37. The number of nitrogens with one attached hydrogen (secondary N) is 2. The lowest BCUT2D eigenvalue weighted by Gasteiger charge is -2.03. The molecule has 144 valence electrons. The summed E-state index contributed by atoms with van der Waals surface area (Å²) >= 11 is 2.52. The van der Waals surface area contributed by atoms with Crippen molar-refractivity contribution in [3.8, 4) is 16.9 Å². The Kier molecular flexibility index (Phi) is 7.43. The van der Waals surface area contributed by atoms with E-state index in [4.69, 9.17) is 0 Å². The van der Waals surface area contributed by atoms with Gasteiger partial charge in [-0.05, 0) is 41.8 Å². The van der Waals surface area contributed by atoms with Gasteiger partial charge in [-0.3, -0.25) is 9.89 Å². The lowest BCUT2D eigenvalue weighted by atomic mass is 10.0. The van der Waals surface area contributed by atoms with Crippen LogP contribution in [0.25, 0.3) is 22.0 Å². The quantitative estimate of drug-likeness (QED) is 0.239. The number of H-pyrrole nitrogens is 1. The molecule has 0 atom stereocenters. The van der Waals surface area contributed by atoms with E-state index >= 15 is 0 Å². The monoisotopic (exact) mass is 495 g/mol. The minimum absolute atomic E-state index is 0.0292. The molecule has 0 aliphatic carbocycles. The molecule has 0 fully saturated rings. The van der Waals surface area contributed by atoms with Gasteiger partial charge in [0.05, 0.1) is 5.52 Å². The SMILES string of the molecule is CCCC(=O)Nc1n[nH]c2cc(-c3ccc(O)cc3)ccc12.C[Si](C)(C)I. The molecule has 0 saturated carbocycles. The highest BCUT2D eigenvalue weighted by molar-refractivity contribution is 14.1. The molecule has 0 spiro atoms. The van der Waals surface area contributed by atoms with E-state index in [1.54, 1.807) is 12.1 Å². The summed E-state index contributed by atoms with van der Waals surface area (Å²) in [4.78, 5) is 11.7. The van der Waals surface area contributed by atoms with Crippen molar-refractivity contribution < 1.29 is 9.90 Å². The third-order valence-electron chi connectivity index (χ3n) is 3.50. The number of benzene rings is 2. The Morgan fingerprint density at radius 2 is 1.74 bits per heavy atom. The third-order valence-corrected chi connectivity index (χ3v) is 3.50. The lowest BCUT2D eigenvalue weighted by Crippen LogP contribution is -2.10. The zero-order valence-corrected chi connectivity index (χ0v) is 19.3. The van der Waals surface area contributed by atoms with Gasteiger partial charge in [-0.1, -0.05) is 44.8 Å². The highest BCUT2D eigenvalue weighted by Gasteiger charge is 2.10. The zero-order valence-electron chi connectivity index (χ0n) is 16.1. The number of amides is 1. The number of anilines is 1. The summed E-state index contributed by atoms with van der Waals surface area (Å²) in [6.07, 6.45) is 1.29. The second kappa shape index (κ2) is 9.36. The van der Waals surface area contributed by atoms with Gasteiger partial charge >= 0.3 is 0 Å². The first-order valence-electron chi connectivity index (χ1n) is 8.93. The third kappa shape index (κ3) is 6.98. The van der Waals surface area contributed by atoms with Gasteiger partial charge in [0.1, 0.15) is 11.3 Å².